The Morgan fingerprint density at radius 1 is 1.46 bits per heavy atom. The van der Waals surface area contributed by atoms with Crippen LogP contribution in [-0.4, -0.2) is 36.7 Å². The van der Waals surface area contributed by atoms with Gasteiger partial charge in [0.2, 0.25) is 0 Å². The first-order chi connectivity index (χ1) is 5.93. The van der Waals surface area contributed by atoms with Gasteiger partial charge in [-0.2, -0.15) is 0 Å². The van der Waals surface area contributed by atoms with Crippen LogP contribution < -0.4 is 0 Å². The minimum absolute atomic E-state index is 0.127. The third-order valence-corrected chi connectivity index (χ3v) is 3.59. The van der Waals surface area contributed by atoms with Gasteiger partial charge in [-0.3, -0.25) is 9.59 Å². The maximum atomic E-state index is 10.4. The Bertz CT molecular complexity index is 228. The normalized spacial score (nSPS) is 12.1. The molecule has 0 heterocycles. The van der Waals surface area contributed by atoms with Crippen LogP contribution >= 0.6 is 35.7 Å². The Labute approximate surface area is 89.1 Å². The summed E-state index contributed by atoms with van der Waals surface area (Å²) >= 11 is 6.71. The van der Waals surface area contributed by atoms with E-state index in [1.54, 1.807) is 0 Å². The molecule has 0 rings (SSSR count). The Hall–Kier alpha value is -0.270. The fraction of sp³-hybridized carbons (Fsp3) is 0.500. The molecule has 13 heavy (non-hydrogen) atoms. The second-order valence-electron chi connectivity index (χ2n) is 2.03. The van der Waals surface area contributed by atoms with Gasteiger partial charge in [-0.15, -0.1) is 0 Å². The predicted molar refractivity (Wildman–Crippen MR) is 57.4 cm³/mol. The molecule has 0 fully saturated rings. The molecule has 4 nitrogen and oxygen atoms in total. The number of aliphatic carboxylic acids is 2. The molecular weight excluding hydrogens is 232 g/mol. The highest BCUT2D eigenvalue weighted by Gasteiger charge is 2.14. The molecule has 0 radical (unpaired) electrons. The topological polar surface area (TPSA) is 74.6 Å². The van der Waals surface area contributed by atoms with E-state index in [4.69, 9.17) is 22.4 Å². The van der Waals surface area contributed by atoms with Crippen molar-refractivity contribution >= 4 is 51.2 Å². The van der Waals surface area contributed by atoms with E-state index in [1.165, 1.54) is 6.92 Å². The highest BCUT2D eigenvalue weighted by atomic mass is 32.2. The van der Waals surface area contributed by atoms with Crippen molar-refractivity contribution in [1.82, 2.24) is 0 Å². The molecule has 0 spiro atoms. The van der Waals surface area contributed by atoms with Crippen molar-refractivity contribution in [1.29, 1.82) is 0 Å². The van der Waals surface area contributed by atoms with E-state index in [-0.39, 0.29) is 5.75 Å². The van der Waals surface area contributed by atoms with Crippen LogP contribution in [0.25, 0.3) is 0 Å². The molecule has 0 aliphatic heterocycles. The van der Waals surface area contributed by atoms with Gasteiger partial charge in [0.25, 0.3) is 0 Å². The van der Waals surface area contributed by atoms with Crippen LogP contribution in [-0.2, 0) is 9.59 Å². The largest absolute Gasteiger partial charge is 0.481 e. The van der Waals surface area contributed by atoms with E-state index in [9.17, 15) is 9.59 Å². The van der Waals surface area contributed by atoms with Crippen molar-refractivity contribution in [2.24, 2.45) is 0 Å². The van der Waals surface area contributed by atoms with Crippen LogP contribution in [0.4, 0.5) is 0 Å². The number of hydrogen-bond donors (Lipinski definition) is 2. The molecule has 2 N–H and O–H groups in total. The number of carbonyl (C=O) groups is 2. The Balaban J connectivity index is 3.74. The van der Waals surface area contributed by atoms with Gasteiger partial charge in [-0.05, 0) is 6.92 Å². The molecule has 0 aromatic rings. The van der Waals surface area contributed by atoms with Gasteiger partial charge in [-0.1, -0.05) is 35.7 Å². The first kappa shape index (κ1) is 12.7. The zero-order valence-electron chi connectivity index (χ0n) is 6.72. The zero-order valence-corrected chi connectivity index (χ0v) is 9.17. The van der Waals surface area contributed by atoms with Gasteiger partial charge in [0, 0.05) is 0 Å². The summed E-state index contributed by atoms with van der Waals surface area (Å²) in [7, 11) is 0. The van der Waals surface area contributed by atoms with Gasteiger partial charge >= 0.3 is 11.9 Å². The first-order valence-corrected chi connectivity index (χ1v) is 5.49. The molecule has 0 aliphatic rings. The number of carboxylic acids is 2. The van der Waals surface area contributed by atoms with Crippen molar-refractivity contribution in [2.75, 3.05) is 5.75 Å². The van der Waals surface area contributed by atoms with Gasteiger partial charge in [0.05, 0.1) is 5.75 Å². The molecule has 0 aromatic carbocycles. The molecule has 0 aliphatic carbocycles. The Morgan fingerprint density at radius 2 is 2.00 bits per heavy atom. The first-order valence-electron chi connectivity index (χ1n) is 3.21. The van der Waals surface area contributed by atoms with E-state index in [2.05, 4.69) is 0 Å². The molecule has 0 aromatic heterocycles. The average Bonchev–Trinajstić information content (AvgIpc) is 2.00. The van der Waals surface area contributed by atoms with Crippen molar-refractivity contribution < 1.29 is 19.8 Å². The van der Waals surface area contributed by atoms with Crippen molar-refractivity contribution in [2.45, 2.75) is 12.2 Å². The molecule has 1 unspecified atom stereocenters. The molecule has 0 saturated carbocycles. The van der Waals surface area contributed by atoms with Crippen molar-refractivity contribution in [3.05, 3.63) is 0 Å². The smallest absolute Gasteiger partial charge is 0.316 e. The maximum absolute atomic E-state index is 10.4. The zero-order chi connectivity index (χ0) is 10.4. The maximum Gasteiger partial charge on any atom is 0.316 e. The highest BCUT2D eigenvalue weighted by Crippen LogP contribution is 2.21. The summed E-state index contributed by atoms with van der Waals surface area (Å²) in [5.41, 5.74) is 0. The van der Waals surface area contributed by atoms with Crippen molar-refractivity contribution in [3.8, 4) is 0 Å². The summed E-state index contributed by atoms with van der Waals surface area (Å²) in [4.78, 5) is 20.5. The number of thiocarbonyl (C=S) groups is 1. The minimum atomic E-state index is -0.962. The predicted octanol–water partition coefficient (Wildman–Crippen LogP) is 1.30. The molecule has 0 saturated heterocycles. The molecule has 0 amide bonds. The third-order valence-electron chi connectivity index (χ3n) is 0.934. The van der Waals surface area contributed by atoms with Crippen LogP contribution in [0.5, 0.6) is 0 Å². The fourth-order valence-corrected chi connectivity index (χ4v) is 2.47. The number of carboxylic acid groups (broad SMARTS) is 2. The second-order valence-corrected chi connectivity index (χ2v) is 5.55. The van der Waals surface area contributed by atoms with Crippen LogP contribution in [0.1, 0.15) is 6.92 Å². The van der Waals surface area contributed by atoms with E-state index >= 15 is 0 Å². The number of thioether (sulfide) groups is 2. The minimum Gasteiger partial charge on any atom is -0.481 e. The van der Waals surface area contributed by atoms with Gasteiger partial charge in [0.15, 0.2) is 0 Å². The summed E-state index contributed by atoms with van der Waals surface area (Å²) < 4.78 is 0.345. The quantitative estimate of drug-likeness (QED) is 0.717. The monoisotopic (exact) mass is 240 g/mol. The molecule has 7 heteroatoms. The number of rotatable bonds is 4. The summed E-state index contributed by atoms with van der Waals surface area (Å²) in [5.74, 6) is -2.04. The second kappa shape index (κ2) is 6.22. The van der Waals surface area contributed by atoms with Crippen LogP contribution in [0, 0.1) is 0 Å². The summed E-state index contributed by atoms with van der Waals surface area (Å²) in [6, 6.07) is 0. The molecule has 74 valence electrons. The SMILES string of the molecule is CC(SC(=S)SCC(=O)O)C(=O)O. The summed E-state index contributed by atoms with van der Waals surface area (Å²) in [5, 5.41) is 16.2. The van der Waals surface area contributed by atoms with E-state index < -0.39 is 17.2 Å². The summed E-state index contributed by atoms with van der Waals surface area (Å²) in [6.45, 7) is 1.50. The van der Waals surface area contributed by atoms with Gasteiger partial charge in [0.1, 0.15) is 8.78 Å². The fourth-order valence-electron chi connectivity index (χ4n) is 0.349. The standard InChI is InChI=1S/C6H8O4S3/c1-3(5(9)10)13-6(11)12-2-4(7)8/h3H,2H2,1H3,(H,7,8)(H,9,10). The lowest BCUT2D eigenvalue weighted by atomic mass is 10.5. The lowest BCUT2D eigenvalue weighted by Gasteiger charge is -2.04. The molecular formula is C6H8O4S3. The summed E-state index contributed by atoms with van der Waals surface area (Å²) in [6.07, 6.45) is 0. The molecule has 1 atom stereocenters. The third kappa shape index (κ3) is 6.85. The number of hydrogen-bond acceptors (Lipinski definition) is 5. The van der Waals surface area contributed by atoms with E-state index in [0.29, 0.717) is 3.53 Å². The van der Waals surface area contributed by atoms with Crippen LogP contribution in [0.3, 0.4) is 0 Å². The van der Waals surface area contributed by atoms with Crippen LogP contribution in [0.2, 0.25) is 0 Å². The van der Waals surface area contributed by atoms with Gasteiger partial charge in [-0.25, -0.2) is 0 Å². The highest BCUT2D eigenvalue weighted by molar-refractivity contribution is 8.47. The van der Waals surface area contributed by atoms with Crippen molar-refractivity contribution in [3.63, 3.8) is 0 Å². The van der Waals surface area contributed by atoms with Gasteiger partial charge < -0.3 is 10.2 Å². The molecule has 0 bridgehead atoms. The van der Waals surface area contributed by atoms with E-state index in [1.807, 2.05) is 0 Å². The lowest BCUT2D eigenvalue weighted by molar-refractivity contribution is -0.136. The Morgan fingerprint density at radius 3 is 2.38 bits per heavy atom. The lowest BCUT2D eigenvalue weighted by Crippen LogP contribution is -2.13. The van der Waals surface area contributed by atoms with Crippen LogP contribution in [0.15, 0.2) is 0 Å². The Kier molecular flexibility index (Phi) is 6.10. The average molecular weight is 240 g/mol. The van der Waals surface area contributed by atoms with E-state index in [0.717, 1.165) is 23.5 Å².